The van der Waals surface area contributed by atoms with Crippen molar-refractivity contribution >= 4 is 11.3 Å². The fraction of sp³-hybridized carbons (Fsp3) is 0.286. The highest BCUT2D eigenvalue weighted by atomic mass is 32.1. The van der Waals surface area contributed by atoms with Gasteiger partial charge in [-0.25, -0.2) is 0 Å². The lowest BCUT2D eigenvalue weighted by molar-refractivity contribution is 0.881. The van der Waals surface area contributed by atoms with Crippen molar-refractivity contribution in [2.24, 2.45) is 0 Å². The Morgan fingerprint density at radius 2 is 1.73 bits per heavy atom. The van der Waals surface area contributed by atoms with Crippen molar-refractivity contribution in [2.75, 3.05) is 0 Å². The quantitative estimate of drug-likeness (QED) is 0.673. The average Bonchev–Trinajstić information content (AvgIpc) is 2.62. The molecule has 0 spiro atoms. The van der Waals surface area contributed by atoms with E-state index < -0.39 is 0 Å². The van der Waals surface area contributed by atoms with Crippen molar-refractivity contribution in [2.45, 2.75) is 26.7 Å². The Balaban J connectivity index is 2.43. The molecule has 0 bridgehead atoms. The molecule has 1 heteroatoms. The first kappa shape index (κ1) is 10.4. The van der Waals surface area contributed by atoms with Gasteiger partial charge >= 0.3 is 0 Å². The lowest BCUT2D eigenvalue weighted by Crippen LogP contribution is -1.82. The molecule has 0 radical (unpaired) electrons. The van der Waals surface area contributed by atoms with Gasteiger partial charge in [-0.2, -0.15) is 0 Å². The van der Waals surface area contributed by atoms with Gasteiger partial charge in [-0.15, -0.1) is 11.3 Å². The number of rotatable bonds is 2. The van der Waals surface area contributed by atoms with Crippen LogP contribution in [0.25, 0.3) is 10.4 Å². The van der Waals surface area contributed by atoms with E-state index in [0.717, 1.165) is 0 Å². The molecule has 78 valence electrons. The van der Waals surface area contributed by atoms with Crippen LogP contribution in [0.2, 0.25) is 0 Å². The fourth-order valence-electron chi connectivity index (χ4n) is 1.81. The van der Waals surface area contributed by atoms with E-state index in [4.69, 9.17) is 0 Å². The summed E-state index contributed by atoms with van der Waals surface area (Å²) in [5.74, 6) is 0.632. The van der Waals surface area contributed by atoms with E-state index in [0.29, 0.717) is 5.92 Å². The molecule has 0 saturated carbocycles. The number of benzene rings is 1. The molecule has 1 aromatic carbocycles. The predicted molar refractivity (Wildman–Crippen MR) is 68.6 cm³/mol. The van der Waals surface area contributed by atoms with Crippen LogP contribution in [-0.4, -0.2) is 0 Å². The molecule has 0 aliphatic heterocycles. The highest BCUT2D eigenvalue weighted by Gasteiger charge is 2.09. The SMILES string of the molecule is Cc1cc(-c2ccccc2)sc1C(C)C. The maximum absolute atomic E-state index is 2.30. The van der Waals surface area contributed by atoms with Crippen molar-refractivity contribution in [3.05, 3.63) is 46.8 Å². The minimum atomic E-state index is 0.632. The second-order valence-corrected chi connectivity index (χ2v) is 5.26. The second-order valence-electron chi connectivity index (χ2n) is 4.18. The summed E-state index contributed by atoms with van der Waals surface area (Å²) in [7, 11) is 0. The van der Waals surface area contributed by atoms with Gasteiger partial charge in [0.05, 0.1) is 0 Å². The molecular weight excluding hydrogens is 200 g/mol. The number of thiophene rings is 1. The van der Waals surface area contributed by atoms with Crippen LogP contribution < -0.4 is 0 Å². The average molecular weight is 216 g/mol. The number of hydrogen-bond acceptors (Lipinski definition) is 1. The Hall–Kier alpha value is -1.08. The summed E-state index contributed by atoms with van der Waals surface area (Å²) in [5, 5.41) is 0. The molecule has 2 aromatic rings. The van der Waals surface area contributed by atoms with Crippen LogP contribution in [0.3, 0.4) is 0 Å². The highest BCUT2D eigenvalue weighted by Crippen LogP contribution is 2.34. The molecule has 0 N–H and O–H groups in total. The van der Waals surface area contributed by atoms with Crippen molar-refractivity contribution in [1.82, 2.24) is 0 Å². The van der Waals surface area contributed by atoms with E-state index in [1.165, 1.54) is 20.9 Å². The first-order valence-electron chi connectivity index (χ1n) is 5.34. The van der Waals surface area contributed by atoms with Crippen LogP contribution in [0.4, 0.5) is 0 Å². The molecule has 0 fully saturated rings. The van der Waals surface area contributed by atoms with E-state index in [1.807, 2.05) is 11.3 Å². The summed E-state index contributed by atoms with van der Waals surface area (Å²) in [6.07, 6.45) is 0. The zero-order valence-electron chi connectivity index (χ0n) is 9.45. The van der Waals surface area contributed by atoms with Gasteiger partial charge < -0.3 is 0 Å². The van der Waals surface area contributed by atoms with Gasteiger partial charge in [0.1, 0.15) is 0 Å². The van der Waals surface area contributed by atoms with E-state index in [2.05, 4.69) is 57.2 Å². The van der Waals surface area contributed by atoms with Gasteiger partial charge in [0.25, 0.3) is 0 Å². The summed E-state index contributed by atoms with van der Waals surface area (Å²) >= 11 is 1.92. The minimum absolute atomic E-state index is 0.632. The molecular formula is C14H16S. The first-order chi connectivity index (χ1) is 7.18. The van der Waals surface area contributed by atoms with E-state index in [-0.39, 0.29) is 0 Å². The zero-order chi connectivity index (χ0) is 10.8. The Kier molecular flexibility index (Phi) is 2.92. The summed E-state index contributed by atoms with van der Waals surface area (Å²) in [4.78, 5) is 2.89. The molecule has 0 atom stereocenters. The Labute approximate surface area is 95.6 Å². The normalized spacial score (nSPS) is 10.9. The summed E-state index contributed by atoms with van der Waals surface area (Å²) < 4.78 is 0. The molecule has 1 heterocycles. The molecule has 0 aliphatic carbocycles. The van der Waals surface area contributed by atoms with Gasteiger partial charge in [0, 0.05) is 9.75 Å². The van der Waals surface area contributed by atoms with Crippen LogP contribution in [-0.2, 0) is 0 Å². The maximum Gasteiger partial charge on any atom is 0.0348 e. The smallest absolute Gasteiger partial charge is 0.0348 e. The molecule has 15 heavy (non-hydrogen) atoms. The fourth-order valence-corrected chi connectivity index (χ4v) is 3.00. The van der Waals surface area contributed by atoms with Crippen molar-refractivity contribution in [1.29, 1.82) is 0 Å². The second kappa shape index (κ2) is 4.19. The molecule has 0 nitrogen and oxygen atoms in total. The summed E-state index contributed by atoms with van der Waals surface area (Å²) in [6, 6.07) is 12.9. The number of hydrogen-bond donors (Lipinski definition) is 0. The van der Waals surface area contributed by atoms with E-state index in [1.54, 1.807) is 0 Å². The lowest BCUT2D eigenvalue weighted by Gasteiger charge is -2.01. The van der Waals surface area contributed by atoms with Crippen molar-refractivity contribution in [3.63, 3.8) is 0 Å². The lowest BCUT2D eigenvalue weighted by atomic mass is 10.1. The minimum Gasteiger partial charge on any atom is -0.140 e. The Bertz CT molecular complexity index is 438. The van der Waals surface area contributed by atoms with Crippen molar-refractivity contribution < 1.29 is 0 Å². The van der Waals surface area contributed by atoms with Crippen LogP contribution >= 0.6 is 11.3 Å². The van der Waals surface area contributed by atoms with Crippen molar-refractivity contribution in [3.8, 4) is 10.4 Å². The third-order valence-corrected chi connectivity index (χ3v) is 4.13. The Morgan fingerprint density at radius 1 is 1.07 bits per heavy atom. The molecule has 1 aromatic heterocycles. The molecule has 0 unspecified atom stereocenters. The molecule has 0 saturated heterocycles. The topological polar surface area (TPSA) is 0 Å². The van der Waals surface area contributed by atoms with Crippen LogP contribution in [0, 0.1) is 6.92 Å². The van der Waals surface area contributed by atoms with Gasteiger partial charge in [0.2, 0.25) is 0 Å². The monoisotopic (exact) mass is 216 g/mol. The largest absolute Gasteiger partial charge is 0.140 e. The van der Waals surface area contributed by atoms with Crippen LogP contribution in [0.5, 0.6) is 0 Å². The first-order valence-corrected chi connectivity index (χ1v) is 6.16. The van der Waals surface area contributed by atoms with Gasteiger partial charge in [0.15, 0.2) is 0 Å². The predicted octanol–water partition coefficient (Wildman–Crippen LogP) is 4.85. The van der Waals surface area contributed by atoms with Gasteiger partial charge in [-0.1, -0.05) is 44.2 Å². The Morgan fingerprint density at radius 3 is 2.27 bits per heavy atom. The maximum atomic E-state index is 2.30. The summed E-state index contributed by atoms with van der Waals surface area (Å²) in [6.45, 7) is 6.72. The molecule has 2 rings (SSSR count). The van der Waals surface area contributed by atoms with E-state index >= 15 is 0 Å². The van der Waals surface area contributed by atoms with Crippen LogP contribution in [0.1, 0.15) is 30.2 Å². The third-order valence-electron chi connectivity index (χ3n) is 2.54. The van der Waals surface area contributed by atoms with Crippen LogP contribution in [0.15, 0.2) is 36.4 Å². The third kappa shape index (κ3) is 2.13. The van der Waals surface area contributed by atoms with E-state index in [9.17, 15) is 0 Å². The standard InChI is InChI=1S/C14H16S/c1-10(2)14-11(3)9-13(15-14)12-7-5-4-6-8-12/h4-10H,1-3H3. The number of aryl methyl sites for hydroxylation is 1. The highest BCUT2D eigenvalue weighted by molar-refractivity contribution is 7.15. The summed E-state index contributed by atoms with van der Waals surface area (Å²) in [5.41, 5.74) is 2.76. The molecule has 0 amide bonds. The van der Waals surface area contributed by atoms with Gasteiger partial charge in [-0.05, 0) is 30.0 Å². The molecule has 0 aliphatic rings. The zero-order valence-corrected chi connectivity index (χ0v) is 10.3. The van der Waals surface area contributed by atoms with Gasteiger partial charge in [-0.3, -0.25) is 0 Å².